The van der Waals surface area contributed by atoms with E-state index in [0.29, 0.717) is 17.3 Å². The molecule has 4 rings (SSSR count). The number of carbonyl (C=O) groups excluding carboxylic acids is 1. The van der Waals surface area contributed by atoms with Crippen molar-refractivity contribution in [2.45, 2.75) is 12.8 Å². The van der Waals surface area contributed by atoms with Gasteiger partial charge in [-0.1, -0.05) is 23.7 Å². The largest absolute Gasteiger partial charge is 0.349 e. The van der Waals surface area contributed by atoms with Gasteiger partial charge < -0.3 is 10.2 Å². The van der Waals surface area contributed by atoms with Crippen LogP contribution in [0, 0.1) is 0 Å². The summed E-state index contributed by atoms with van der Waals surface area (Å²) in [5.74, 6) is -0.121. The van der Waals surface area contributed by atoms with Crippen molar-refractivity contribution in [2.24, 2.45) is 0 Å². The first-order valence-corrected chi connectivity index (χ1v) is 10.4. The minimum atomic E-state index is -0.121. The van der Waals surface area contributed by atoms with Crippen LogP contribution in [0.3, 0.4) is 0 Å². The van der Waals surface area contributed by atoms with E-state index in [9.17, 15) is 4.79 Å². The van der Waals surface area contributed by atoms with Crippen molar-refractivity contribution in [3.05, 3.63) is 58.6 Å². The summed E-state index contributed by atoms with van der Waals surface area (Å²) in [6, 6.07) is 13.2. The molecule has 3 heterocycles. The van der Waals surface area contributed by atoms with Crippen LogP contribution in [0.5, 0.6) is 0 Å². The van der Waals surface area contributed by atoms with Crippen LogP contribution in [-0.4, -0.2) is 46.8 Å². The molecule has 0 radical (unpaired) electrons. The lowest BCUT2D eigenvalue weighted by atomic mass is 10.2. The zero-order valence-electron chi connectivity index (χ0n) is 14.9. The Labute approximate surface area is 167 Å². The molecule has 1 N–H and O–H groups in total. The zero-order valence-corrected chi connectivity index (χ0v) is 16.5. The number of amides is 1. The van der Waals surface area contributed by atoms with Gasteiger partial charge in [0.15, 0.2) is 0 Å². The Kier molecular flexibility index (Phi) is 5.57. The smallest absolute Gasteiger partial charge is 0.270 e. The molecular weight excluding hydrogens is 380 g/mol. The van der Waals surface area contributed by atoms with E-state index in [1.807, 2.05) is 47.8 Å². The monoisotopic (exact) mass is 400 g/mol. The van der Waals surface area contributed by atoms with E-state index in [1.165, 1.54) is 12.8 Å². The number of nitrogens with one attached hydrogen (secondary N) is 1. The second-order valence-corrected chi connectivity index (χ2v) is 7.97. The van der Waals surface area contributed by atoms with Gasteiger partial charge in [-0.15, -0.1) is 11.3 Å². The van der Waals surface area contributed by atoms with Gasteiger partial charge in [-0.05, 0) is 61.6 Å². The lowest BCUT2D eigenvalue weighted by Gasteiger charge is -2.15. The van der Waals surface area contributed by atoms with E-state index in [1.54, 1.807) is 16.0 Å². The lowest BCUT2D eigenvalue weighted by Crippen LogP contribution is -2.34. The van der Waals surface area contributed by atoms with Crippen LogP contribution < -0.4 is 5.32 Å². The summed E-state index contributed by atoms with van der Waals surface area (Å²) in [6.45, 7) is 3.76. The fourth-order valence-electron chi connectivity index (χ4n) is 3.32. The first-order chi connectivity index (χ1) is 13.2. The number of hydrogen-bond donors (Lipinski definition) is 1. The first-order valence-electron chi connectivity index (χ1n) is 9.11. The van der Waals surface area contributed by atoms with Crippen LogP contribution in [0.1, 0.15) is 23.3 Å². The van der Waals surface area contributed by atoms with Crippen LogP contribution in [0.25, 0.3) is 16.3 Å². The highest BCUT2D eigenvalue weighted by Crippen LogP contribution is 2.26. The van der Waals surface area contributed by atoms with Crippen LogP contribution >= 0.6 is 22.9 Å². The summed E-state index contributed by atoms with van der Waals surface area (Å²) in [7, 11) is 0. The van der Waals surface area contributed by atoms with Gasteiger partial charge in [-0.3, -0.25) is 4.79 Å². The summed E-state index contributed by atoms with van der Waals surface area (Å²) in [5.41, 5.74) is 2.08. The lowest BCUT2D eigenvalue weighted by molar-refractivity contribution is 0.0942. The van der Waals surface area contributed by atoms with Crippen LogP contribution in [0.2, 0.25) is 5.02 Å². The number of carbonyl (C=O) groups is 1. The highest BCUT2D eigenvalue weighted by atomic mass is 35.5. The maximum atomic E-state index is 12.9. The molecule has 1 aliphatic rings. The standard InChI is InChI=1S/C20H21ClN4OS/c21-15-5-3-6-16(13-15)25-18(14-17(23-25)19-7-4-12-27-19)20(26)22-8-11-24-9-1-2-10-24/h3-7,12-14H,1-2,8-11H2,(H,22,26). The number of benzene rings is 1. The predicted molar refractivity (Wildman–Crippen MR) is 110 cm³/mol. The number of hydrogen-bond acceptors (Lipinski definition) is 4. The summed E-state index contributed by atoms with van der Waals surface area (Å²) in [6.07, 6.45) is 2.50. The summed E-state index contributed by atoms with van der Waals surface area (Å²) in [5, 5.41) is 10.3. The molecule has 0 unspecified atom stereocenters. The van der Waals surface area contributed by atoms with E-state index in [0.717, 1.165) is 35.9 Å². The Morgan fingerprint density at radius 2 is 2.04 bits per heavy atom. The number of aromatic nitrogens is 2. The van der Waals surface area contributed by atoms with Crippen molar-refractivity contribution in [3.63, 3.8) is 0 Å². The minimum absolute atomic E-state index is 0.121. The maximum absolute atomic E-state index is 12.9. The summed E-state index contributed by atoms with van der Waals surface area (Å²) < 4.78 is 1.67. The molecule has 0 aliphatic carbocycles. The molecule has 0 spiro atoms. The average Bonchev–Trinajstić information content (AvgIpc) is 3.42. The van der Waals surface area contributed by atoms with E-state index in [-0.39, 0.29) is 5.91 Å². The molecule has 5 nitrogen and oxygen atoms in total. The van der Waals surface area contributed by atoms with Gasteiger partial charge in [0.05, 0.1) is 10.6 Å². The first kappa shape index (κ1) is 18.2. The van der Waals surface area contributed by atoms with Gasteiger partial charge in [0.25, 0.3) is 5.91 Å². The van der Waals surface area contributed by atoms with Gasteiger partial charge >= 0.3 is 0 Å². The minimum Gasteiger partial charge on any atom is -0.349 e. The fraction of sp³-hybridized carbons (Fsp3) is 0.300. The van der Waals surface area contributed by atoms with Crippen LogP contribution in [0.4, 0.5) is 0 Å². The number of nitrogens with zero attached hydrogens (tertiary/aromatic N) is 3. The number of rotatable bonds is 6. The van der Waals surface area contributed by atoms with Gasteiger partial charge in [-0.25, -0.2) is 4.68 Å². The van der Waals surface area contributed by atoms with Gasteiger partial charge in [0, 0.05) is 18.1 Å². The molecule has 27 heavy (non-hydrogen) atoms. The van der Waals surface area contributed by atoms with Crippen molar-refractivity contribution < 1.29 is 4.79 Å². The molecule has 2 aromatic heterocycles. The number of likely N-dealkylation sites (tertiary alicyclic amines) is 1. The van der Waals surface area contributed by atoms with Crippen molar-refractivity contribution in [3.8, 4) is 16.3 Å². The van der Waals surface area contributed by atoms with Crippen molar-refractivity contribution in [1.29, 1.82) is 0 Å². The third-order valence-corrected chi connectivity index (χ3v) is 5.81. The Bertz CT molecular complexity index is 916. The molecule has 0 bridgehead atoms. The Hall–Kier alpha value is -2.15. The molecule has 1 aliphatic heterocycles. The van der Waals surface area contributed by atoms with E-state index >= 15 is 0 Å². The molecule has 140 valence electrons. The van der Waals surface area contributed by atoms with Gasteiger partial charge in [-0.2, -0.15) is 5.10 Å². The third-order valence-electron chi connectivity index (χ3n) is 4.68. The SMILES string of the molecule is O=C(NCCN1CCCC1)c1cc(-c2cccs2)nn1-c1cccc(Cl)c1. The summed E-state index contributed by atoms with van der Waals surface area (Å²) in [4.78, 5) is 16.3. The normalized spacial score (nSPS) is 14.6. The fourth-order valence-corrected chi connectivity index (χ4v) is 4.18. The van der Waals surface area contributed by atoms with Crippen LogP contribution in [-0.2, 0) is 0 Å². The number of halogens is 1. The molecule has 3 aromatic rings. The van der Waals surface area contributed by atoms with Crippen molar-refractivity contribution in [1.82, 2.24) is 20.0 Å². The Morgan fingerprint density at radius 1 is 1.19 bits per heavy atom. The highest BCUT2D eigenvalue weighted by Gasteiger charge is 2.19. The number of thiophene rings is 1. The Morgan fingerprint density at radius 3 is 2.78 bits per heavy atom. The molecule has 1 amide bonds. The topological polar surface area (TPSA) is 50.2 Å². The Balaban J connectivity index is 1.58. The predicted octanol–water partition coefficient (Wildman–Crippen LogP) is 4.08. The third kappa shape index (κ3) is 4.24. The molecule has 1 fully saturated rings. The van der Waals surface area contributed by atoms with Crippen LogP contribution in [0.15, 0.2) is 47.8 Å². The molecule has 7 heteroatoms. The van der Waals surface area contributed by atoms with Crippen molar-refractivity contribution in [2.75, 3.05) is 26.2 Å². The second-order valence-electron chi connectivity index (χ2n) is 6.59. The molecule has 1 saturated heterocycles. The molecule has 0 saturated carbocycles. The quantitative estimate of drug-likeness (QED) is 0.678. The maximum Gasteiger partial charge on any atom is 0.270 e. The van der Waals surface area contributed by atoms with E-state index in [2.05, 4.69) is 15.3 Å². The highest BCUT2D eigenvalue weighted by molar-refractivity contribution is 7.13. The van der Waals surface area contributed by atoms with Crippen molar-refractivity contribution >= 4 is 28.8 Å². The summed E-state index contributed by atoms with van der Waals surface area (Å²) >= 11 is 7.75. The van der Waals surface area contributed by atoms with E-state index < -0.39 is 0 Å². The molecule has 1 aromatic carbocycles. The average molecular weight is 401 g/mol. The second kappa shape index (κ2) is 8.25. The zero-order chi connectivity index (χ0) is 18.6. The van der Waals surface area contributed by atoms with Gasteiger partial charge in [0.1, 0.15) is 11.4 Å². The van der Waals surface area contributed by atoms with E-state index in [4.69, 9.17) is 11.6 Å². The molecular formula is C20H21ClN4OS. The van der Waals surface area contributed by atoms with Gasteiger partial charge in [0.2, 0.25) is 0 Å². The molecule has 0 atom stereocenters.